The van der Waals surface area contributed by atoms with Crippen LogP contribution in [-0.4, -0.2) is 46.5 Å². The summed E-state index contributed by atoms with van der Waals surface area (Å²) in [4.78, 5) is 0. The van der Waals surface area contributed by atoms with E-state index in [-0.39, 0.29) is 11.9 Å². The molecule has 1 aliphatic rings. The highest BCUT2D eigenvalue weighted by Crippen LogP contribution is 1.97. The molecule has 0 aromatic rings. The molecule has 5 nitrogen and oxygen atoms in total. The highest BCUT2D eigenvalue weighted by atomic mass is 32.2. The lowest BCUT2D eigenvalue weighted by molar-refractivity contribution is 0.0324. The van der Waals surface area contributed by atoms with Crippen molar-refractivity contribution >= 4 is 10.0 Å². The first-order chi connectivity index (χ1) is 7.14. The summed E-state index contributed by atoms with van der Waals surface area (Å²) < 4.78 is 30.8. The maximum atomic E-state index is 11.4. The molecule has 1 fully saturated rings. The minimum Gasteiger partial charge on any atom is -0.374 e. The largest absolute Gasteiger partial charge is 0.374 e. The first-order valence-corrected chi connectivity index (χ1v) is 7.09. The number of hydrogen-bond acceptors (Lipinski definition) is 4. The average Bonchev–Trinajstić information content (AvgIpc) is 2.25. The van der Waals surface area contributed by atoms with Crippen LogP contribution in [0.1, 0.15) is 19.8 Å². The van der Waals surface area contributed by atoms with Gasteiger partial charge in [-0.3, -0.25) is 0 Å². The minimum atomic E-state index is -3.10. The van der Waals surface area contributed by atoms with Gasteiger partial charge in [0.1, 0.15) is 0 Å². The molecule has 0 spiro atoms. The van der Waals surface area contributed by atoms with Gasteiger partial charge in [0, 0.05) is 19.6 Å². The van der Waals surface area contributed by atoms with Gasteiger partial charge in [0.15, 0.2) is 0 Å². The van der Waals surface area contributed by atoms with Crippen LogP contribution in [-0.2, 0) is 14.8 Å². The Morgan fingerprint density at radius 3 is 2.93 bits per heavy atom. The van der Waals surface area contributed by atoms with Crippen LogP contribution in [0, 0.1) is 0 Å². The molecule has 1 unspecified atom stereocenters. The second kappa shape index (κ2) is 6.42. The van der Waals surface area contributed by atoms with Crippen molar-refractivity contribution in [1.29, 1.82) is 0 Å². The number of sulfonamides is 1. The Hall–Kier alpha value is -0.170. The van der Waals surface area contributed by atoms with Gasteiger partial charge in [0.25, 0.3) is 0 Å². The van der Waals surface area contributed by atoms with Crippen molar-refractivity contribution in [2.24, 2.45) is 0 Å². The number of nitrogens with one attached hydrogen (secondary N) is 2. The van der Waals surface area contributed by atoms with Crippen molar-refractivity contribution in [2.75, 3.05) is 32.0 Å². The topological polar surface area (TPSA) is 67.4 Å². The summed E-state index contributed by atoms with van der Waals surface area (Å²) in [6.45, 7) is 4.57. The summed E-state index contributed by atoms with van der Waals surface area (Å²) >= 11 is 0. The Labute approximate surface area is 91.6 Å². The molecule has 0 bridgehead atoms. The van der Waals surface area contributed by atoms with Gasteiger partial charge in [0.2, 0.25) is 10.0 Å². The van der Waals surface area contributed by atoms with Crippen molar-refractivity contribution in [3.05, 3.63) is 0 Å². The first-order valence-electron chi connectivity index (χ1n) is 5.43. The highest BCUT2D eigenvalue weighted by Gasteiger charge is 2.16. The summed E-state index contributed by atoms with van der Waals surface area (Å²) in [6, 6.07) is 0. The van der Waals surface area contributed by atoms with Crippen molar-refractivity contribution in [2.45, 2.75) is 25.9 Å². The van der Waals surface area contributed by atoms with E-state index < -0.39 is 10.0 Å². The molecule has 0 aromatic heterocycles. The summed E-state index contributed by atoms with van der Waals surface area (Å²) in [5, 5.41) is 3.15. The van der Waals surface area contributed by atoms with Gasteiger partial charge in [-0.2, -0.15) is 0 Å². The number of morpholine rings is 1. The van der Waals surface area contributed by atoms with Crippen LogP contribution in [0.4, 0.5) is 0 Å². The lowest BCUT2D eigenvalue weighted by Crippen LogP contribution is -2.45. The lowest BCUT2D eigenvalue weighted by atomic mass is 10.3. The lowest BCUT2D eigenvalue weighted by Gasteiger charge is -2.23. The average molecular weight is 236 g/mol. The molecular weight excluding hydrogens is 216 g/mol. The molecule has 0 aliphatic carbocycles. The molecule has 1 saturated heterocycles. The zero-order valence-corrected chi connectivity index (χ0v) is 9.98. The van der Waals surface area contributed by atoms with E-state index in [4.69, 9.17) is 4.74 Å². The molecule has 15 heavy (non-hydrogen) atoms. The Morgan fingerprint density at radius 1 is 1.53 bits per heavy atom. The smallest absolute Gasteiger partial charge is 0.211 e. The van der Waals surface area contributed by atoms with Crippen LogP contribution in [0.5, 0.6) is 0 Å². The fourth-order valence-corrected chi connectivity index (χ4v) is 2.63. The molecule has 2 N–H and O–H groups in total. The van der Waals surface area contributed by atoms with Gasteiger partial charge in [-0.05, 0) is 6.42 Å². The van der Waals surface area contributed by atoms with Crippen LogP contribution < -0.4 is 10.0 Å². The zero-order valence-electron chi connectivity index (χ0n) is 9.16. The zero-order chi connectivity index (χ0) is 11.1. The molecule has 1 heterocycles. The maximum Gasteiger partial charge on any atom is 0.211 e. The molecule has 1 atom stereocenters. The number of hydrogen-bond donors (Lipinski definition) is 2. The molecule has 0 amide bonds. The standard InChI is InChI=1S/C9H20N2O3S/c1-2-3-6-15(12,13)11-8-9-7-10-4-5-14-9/h9-11H,2-8H2,1H3. The molecule has 1 rings (SSSR count). The Bertz CT molecular complexity index is 261. The third-order valence-corrected chi connectivity index (χ3v) is 3.73. The quantitative estimate of drug-likeness (QED) is 0.664. The summed E-state index contributed by atoms with van der Waals surface area (Å²) in [5.41, 5.74) is 0. The fourth-order valence-electron chi connectivity index (χ4n) is 1.38. The summed E-state index contributed by atoms with van der Waals surface area (Å²) in [5.74, 6) is 0.212. The van der Waals surface area contributed by atoms with Crippen LogP contribution >= 0.6 is 0 Å². The Morgan fingerprint density at radius 2 is 2.33 bits per heavy atom. The van der Waals surface area contributed by atoms with E-state index in [0.29, 0.717) is 19.6 Å². The SMILES string of the molecule is CCCCS(=O)(=O)NCC1CNCCO1. The van der Waals surface area contributed by atoms with E-state index in [1.165, 1.54) is 0 Å². The summed E-state index contributed by atoms with van der Waals surface area (Å²) in [6.07, 6.45) is 1.57. The van der Waals surface area contributed by atoms with Crippen LogP contribution in [0.3, 0.4) is 0 Å². The van der Waals surface area contributed by atoms with Crippen molar-refractivity contribution in [3.8, 4) is 0 Å². The third-order valence-electron chi connectivity index (χ3n) is 2.30. The van der Waals surface area contributed by atoms with Crippen LogP contribution in [0.25, 0.3) is 0 Å². The van der Waals surface area contributed by atoms with E-state index in [1.54, 1.807) is 0 Å². The predicted octanol–water partition coefficient (Wildman–Crippen LogP) is -0.306. The van der Waals surface area contributed by atoms with E-state index in [0.717, 1.165) is 19.5 Å². The molecule has 0 radical (unpaired) electrons. The van der Waals surface area contributed by atoms with E-state index in [1.807, 2.05) is 6.92 Å². The fraction of sp³-hybridized carbons (Fsp3) is 1.00. The van der Waals surface area contributed by atoms with Crippen molar-refractivity contribution < 1.29 is 13.2 Å². The highest BCUT2D eigenvalue weighted by molar-refractivity contribution is 7.89. The monoisotopic (exact) mass is 236 g/mol. The molecule has 6 heteroatoms. The third kappa shape index (κ3) is 5.46. The predicted molar refractivity (Wildman–Crippen MR) is 59.3 cm³/mol. The maximum absolute atomic E-state index is 11.4. The number of unbranched alkanes of at least 4 members (excludes halogenated alkanes) is 1. The van der Waals surface area contributed by atoms with Gasteiger partial charge in [-0.15, -0.1) is 0 Å². The second-order valence-corrected chi connectivity index (χ2v) is 5.64. The Balaban J connectivity index is 2.22. The summed E-state index contributed by atoms with van der Waals surface area (Å²) in [7, 11) is -3.10. The minimum absolute atomic E-state index is 0.0323. The van der Waals surface area contributed by atoms with Gasteiger partial charge in [0.05, 0.1) is 18.5 Å². The first kappa shape index (κ1) is 12.9. The van der Waals surface area contributed by atoms with Crippen molar-refractivity contribution in [3.63, 3.8) is 0 Å². The van der Waals surface area contributed by atoms with Gasteiger partial charge in [-0.1, -0.05) is 13.3 Å². The van der Waals surface area contributed by atoms with E-state index in [2.05, 4.69) is 10.0 Å². The molecule has 0 saturated carbocycles. The molecule has 90 valence electrons. The normalized spacial score (nSPS) is 22.9. The molecular formula is C9H20N2O3S. The van der Waals surface area contributed by atoms with Gasteiger partial charge in [-0.25, -0.2) is 13.1 Å². The van der Waals surface area contributed by atoms with Crippen LogP contribution in [0.2, 0.25) is 0 Å². The Kier molecular flexibility index (Phi) is 5.52. The second-order valence-electron chi connectivity index (χ2n) is 3.72. The van der Waals surface area contributed by atoms with E-state index in [9.17, 15) is 8.42 Å². The molecule has 0 aromatic carbocycles. The number of ether oxygens (including phenoxy) is 1. The van der Waals surface area contributed by atoms with Gasteiger partial charge >= 0.3 is 0 Å². The number of rotatable bonds is 6. The molecule has 1 aliphatic heterocycles. The van der Waals surface area contributed by atoms with E-state index >= 15 is 0 Å². The van der Waals surface area contributed by atoms with Gasteiger partial charge < -0.3 is 10.1 Å². The van der Waals surface area contributed by atoms with Crippen molar-refractivity contribution in [1.82, 2.24) is 10.0 Å². The van der Waals surface area contributed by atoms with Crippen LogP contribution in [0.15, 0.2) is 0 Å².